The predicted molar refractivity (Wildman–Crippen MR) is 73.0 cm³/mol. The van der Waals surface area contributed by atoms with Crippen molar-refractivity contribution < 1.29 is 14.3 Å². The number of carbonyl (C=O) groups excluding carboxylic acids is 1. The summed E-state index contributed by atoms with van der Waals surface area (Å²) in [4.78, 5) is 17.7. The number of amides is 1. The predicted octanol–water partition coefficient (Wildman–Crippen LogP) is 2.24. The van der Waals surface area contributed by atoms with E-state index in [1.54, 1.807) is 13.2 Å². The summed E-state index contributed by atoms with van der Waals surface area (Å²) in [6, 6.07) is 9.08. The van der Waals surface area contributed by atoms with E-state index in [0.29, 0.717) is 13.0 Å². The molecule has 1 aromatic heterocycles. The van der Waals surface area contributed by atoms with Crippen LogP contribution in [0.25, 0.3) is 0 Å². The van der Waals surface area contributed by atoms with Gasteiger partial charge in [0, 0.05) is 38.0 Å². The van der Waals surface area contributed by atoms with E-state index in [4.69, 9.17) is 5.11 Å². The summed E-state index contributed by atoms with van der Waals surface area (Å²) in [6.07, 6.45) is 2.29. The number of hydrogen-bond acceptors (Lipinski definition) is 3. The molecule has 1 N–H and O–H groups in total. The Balaban J connectivity index is 2.01. The van der Waals surface area contributed by atoms with Gasteiger partial charge in [-0.25, -0.2) is 4.39 Å². The third-order valence-electron chi connectivity index (χ3n) is 2.96. The topological polar surface area (TPSA) is 53.4 Å². The zero-order valence-corrected chi connectivity index (χ0v) is 11.1. The summed E-state index contributed by atoms with van der Waals surface area (Å²) in [5.41, 5.74) is 0.824. The molecule has 104 valence electrons. The molecule has 0 saturated heterocycles. The number of nitrogens with zero attached hydrogens (tertiary/aromatic N) is 2. The zero-order valence-electron chi connectivity index (χ0n) is 11.1. The summed E-state index contributed by atoms with van der Waals surface area (Å²) >= 11 is 0. The number of aromatic nitrogens is 1. The van der Waals surface area contributed by atoms with Gasteiger partial charge in [-0.05, 0) is 24.3 Å². The van der Waals surface area contributed by atoms with Crippen molar-refractivity contribution in [2.75, 3.05) is 13.6 Å². The molecule has 20 heavy (non-hydrogen) atoms. The first-order chi connectivity index (χ1) is 9.58. The summed E-state index contributed by atoms with van der Waals surface area (Å²) in [5, 5.41) is 9.14. The molecule has 5 heteroatoms. The maximum atomic E-state index is 13.6. The fourth-order valence-corrected chi connectivity index (χ4v) is 1.81. The fourth-order valence-electron chi connectivity index (χ4n) is 1.81. The molecule has 0 aliphatic heterocycles. The molecule has 0 radical (unpaired) electrons. The van der Waals surface area contributed by atoms with Gasteiger partial charge in [-0.2, -0.15) is 0 Å². The fraction of sp³-hybridized carbons (Fsp3) is 0.200. The number of aromatic hydroxyl groups is 1. The van der Waals surface area contributed by atoms with Crippen LogP contribution in [0.3, 0.4) is 0 Å². The molecule has 2 aromatic rings. The molecule has 1 aromatic carbocycles. The number of benzene rings is 1. The average Bonchev–Trinajstić information content (AvgIpc) is 2.45. The highest BCUT2D eigenvalue weighted by atomic mass is 19.1. The largest absolute Gasteiger partial charge is 0.508 e. The second kappa shape index (κ2) is 6.14. The lowest BCUT2D eigenvalue weighted by Gasteiger charge is -2.17. The lowest BCUT2D eigenvalue weighted by atomic mass is 10.1. The molecule has 0 saturated carbocycles. The van der Waals surface area contributed by atoms with Crippen LogP contribution in [0.1, 0.15) is 16.1 Å². The van der Waals surface area contributed by atoms with Gasteiger partial charge in [-0.3, -0.25) is 9.78 Å². The number of phenolic OH excluding ortho intramolecular Hbond substituents is 1. The Kier molecular flexibility index (Phi) is 4.30. The quantitative estimate of drug-likeness (QED) is 0.930. The van der Waals surface area contributed by atoms with Gasteiger partial charge in [0.15, 0.2) is 0 Å². The van der Waals surface area contributed by atoms with Crippen molar-refractivity contribution in [1.82, 2.24) is 9.88 Å². The minimum absolute atomic E-state index is 0.0497. The smallest absolute Gasteiger partial charge is 0.256 e. The van der Waals surface area contributed by atoms with Crippen LogP contribution in [-0.2, 0) is 6.42 Å². The van der Waals surface area contributed by atoms with E-state index in [1.807, 2.05) is 18.2 Å². The number of rotatable bonds is 4. The Morgan fingerprint density at radius 2 is 2.15 bits per heavy atom. The van der Waals surface area contributed by atoms with Crippen LogP contribution in [0.5, 0.6) is 5.75 Å². The van der Waals surface area contributed by atoms with Gasteiger partial charge >= 0.3 is 0 Å². The number of carbonyl (C=O) groups is 1. The highest BCUT2D eigenvalue weighted by molar-refractivity contribution is 5.94. The molecule has 0 fully saturated rings. The van der Waals surface area contributed by atoms with E-state index in [-0.39, 0.29) is 11.3 Å². The second-order valence-corrected chi connectivity index (χ2v) is 4.46. The van der Waals surface area contributed by atoms with Gasteiger partial charge in [0.05, 0.1) is 5.56 Å². The first-order valence-electron chi connectivity index (χ1n) is 6.22. The molecule has 0 unspecified atom stereocenters. The van der Waals surface area contributed by atoms with Crippen molar-refractivity contribution >= 4 is 5.91 Å². The van der Waals surface area contributed by atoms with Crippen molar-refractivity contribution in [2.24, 2.45) is 0 Å². The number of phenols is 1. The van der Waals surface area contributed by atoms with Gasteiger partial charge in [0.2, 0.25) is 0 Å². The average molecular weight is 274 g/mol. The van der Waals surface area contributed by atoms with Gasteiger partial charge in [0.1, 0.15) is 11.6 Å². The summed E-state index contributed by atoms with van der Waals surface area (Å²) in [7, 11) is 1.61. The highest BCUT2D eigenvalue weighted by Gasteiger charge is 2.16. The third kappa shape index (κ3) is 3.32. The van der Waals surface area contributed by atoms with Crippen LogP contribution < -0.4 is 0 Å². The SMILES string of the molecule is CN(CCc1ccccn1)C(=O)c1ccc(O)cc1F. The van der Waals surface area contributed by atoms with Crippen LogP contribution in [0.2, 0.25) is 0 Å². The van der Waals surface area contributed by atoms with Crippen molar-refractivity contribution in [3.05, 3.63) is 59.7 Å². The molecule has 0 aliphatic carbocycles. The Hall–Kier alpha value is -2.43. The van der Waals surface area contributed by atoms with Gasteiger partial charge in [-0.1, -0.05) is 6.07 Å². The van der Waals surface area contributed by atoms with E-state index in [2.05, 4.69) is 4.98 Å². The number of pyridine rings is 1. The number of likely N-dealkylation sites (N-methyl/N-ethyl adjacent to an activating group) is 1. The number of halogens is 1. The Labute approximate surface area is 116 Å². The lowest BCUT2D eigenvalue weighted by molar-refractivity contribution is 0.0791. The van der Waals surface area contributed by atoms with E-state index in [9.17, 15) is 9.18 Å². The molecule has 0 bridgehead atoms. The van der Waals surface area contributed by atoms with Crippen LogP contribution >= 0.6 is 0 Å². The lowest BCUT2D eigenvalue weighted by Crippen LogP contribution is -2.29. The monoisotopic (exact) mass is 274 g/mol. The first-order valence-corrected chi connectivity index (χ1v) is 6.22. The van der Waals surface area contributed by atoms with E-state index in [0.717, 1.165) is 11.8 Å². The van der Waals surface area contributed by atoms with E-state index in [1.165, 1.54) is 17.0 Å². The van der Waals surface area contributed by atoms with Gasteiger partial charge in [0.25, 0.3) is 5.91 Å². The van der Waals surface area contributed by atoms with Gasteiger partial charge in [-0.15, -0.1) is 0 Å². The Bertz CT molecular complexity index is 602. The second-order valence-electron chi connectivity index (χ2n) is 4.46. The molecular formula is C15H15FN2O2. The maximum Gasteiger partial charge on any atom is 0.256 e. The highest BCUT2D eigenvalue weighted by Crippen LogP contribution is 2.16. The molecule has 1 amide bonds. The third-order valence-corrected chi connectivity index (χ3v) is 2.96. The first kappa shape index (κ1) is 14.0. The molecule has 0 spiro atoms. The minimum Gasteiger partial charge on any atom is -0.508 e. The standard InChI is InChI=1S/C15H15FN2O2/c1-18(9-7-11-4-2-3-8-17-11)15(20)13-6-5-12(19)10-14(13)16/h2-6,8,10,19H,7,9H2,1H3. The van der Waals surface area contributed by atoms with Crippen molar-refractivity contribution in [3.63, 3.8) is 0 Å². The summed E-state index contributed by atoms with van der Waals surface area (Å²) in [5.74, 6) is -1.34. The molecule has 4 nitrogen and oxygen atoms in total. The van der Waals surface area contributed by atoms with E-state index >= 15 is 0 Å². The normalized spacial score (nSPS) is 10.3. The summed E-state index contributed by atoms with van der Waals surface area (Å²) in [6.45, 7) is 0.441. The van der Waals surface area contributed by atoms with Crippen LogP contribution in [0.4, 0.5) is 4.39 Å². The van der Waals surface area contributed by atoms with Crippen molar-refractivity contribution in [2.45, 2.75) is 6.42 Å². The van der Waals surface area contributed by atoms with Crippen LogP contribution in [-0.4, -0.2) is 34.5 Å². The van der Waals surface area contributed by atoms with Crippen LogP contribution in [0.15, 0.2) is 42.6 Å². The zero-order chi connectivity index (χ0) is 14.5. The van der Waals surface area contributed by atoms with E-state index < -0.39 is 11.7 Å². The van der Waals surface area contributed by atoms with Crippen molar-refractivity contribution in [1.29, 1.82) is 0 Å². The molecule has 0 aliphatic rings. The molecule has 1 heterocycles. The van der Waals surface area contributed by atoms with Crippen LogP contribution in [0, 0.1) is 5.82 Å². The minimum atomic E-state index is -0.723. The number of hydrogen-bond donors (Lipinski definition) is 1. The molecular weight excluding hydrogens is 259 g/mol. The molecule has 2 rings (SSSR count). The maximum absolute atomic E-state index is 13.6. The molecule has 0 atom stereocenters. The summed E-state index contributed by atoms with van der Waals surface area (Å²) < 4.78 is 13.6. The Morgan fingerprint density at radius 3 is 2.80 bits per heavy atom. The Morgan fingerprint density at radius 1 is 1.35 bits per heavy atom. The van der Waals surface area contributed by atoms with Crippen molar-refractivity contribution in [3.8, 4) is 5.75 Å². The van der Waals surface area contributed by atoms with Gasteiger partial charge < -0.3 is 10.0 Å².